The number of ether oxygens (including phenoxy) is 2. The summed E-state index contributed by atoms with van der Waals surface area (Å²) in [6.07, 6.45) is 4.25. The first-order valence-electron chi connectivity index (χ1n) is 12.3. The lowest BCUT2D eigenvalue weighted by Crippen LogP contribution is -2.54. The van der Waals surface area contributed by atoms with Crippen LogP contribution in [0.25, 0.3) is 17.0 Å². The van der Waals surface area contributed by atoms with Crippen LogP contribution < -0.4 is 19.7 Å². The van der Waals surface area contributed by atoms with Crippen LogP contribution in [0.5, 0.6) is 11.5 Å². The zero-order valence-electron chi connectivity index (χ0n) is 21.1. The van der Waals surface area contributed by atoms with Crippen LogP contribution in [0.2, 0.25) is 0 Å². The van der Waals surface area contributed by atoms with Crippen molar-refractivity contribution in [1.29, 1.82) is 0 Å². The van der Waals surface area contributed by atoms with Crippen LogP contribution in [-0.2, 0) is 22.6 Å². The molecule has 1 saturated heterocycles. The Morgan fingerprint density at radius 3 is 2.45 bits per heavy atom. The summed E-state index contributed by atoms with van der Waals surface area (Å²) < 4.78 is 13.2. The number of hydrogen-bond donors (Lipinski definition) is 1. The molecule has 1 aliphatic heterocycles. The van der Waals surface area contributed by atoms with E-state index in [0.29, 0.717) is 35.9 Å². The average Bonchev–Trinajstić information content (AvgIpc) is 3.28. The van der Waals surface area contributed by atoms with E-state index in [1.807, 2.05) is 78.4 Å². The minimum absolute atomic E-state index is 0.111. The van der Waals surface area contributed by atoms with Crippen molar-refractivity contribution >= 4 is 40.5 Å². The van der Waals surface area contributed by atoms with E-state index in [1.54, 1.807) is 25.3 Å². The highest BCUT2D eigenvalue weighted by molar-refractivity contribution is 6.39. The third kappa shape index (κ3) is 4.88. The Bertz CT molecular complexity index is 1550. The van der Waals surface area contributed by atoms with Gasteiger partial charge in [0.25, 0.3) is 11.8 Å². The van der Waals surface area contributed by atoms with E-state index in [1.165, 1.54) is 0 Å². The molecule has 4 amide bonds. The predicted molar refractivity (Wildman–Crippen MR) is 145 cm³/mol. The van der Waals surface area contributed by atoms with Gasteiger partial charge in [-0.25, -0.2) is 9.69 Å². The molecule has 5 rings (SSSR count). The minimum atomic E-state index is -0.765. The fourth-order valence-electron chi connectivity index (χ4n) is 4.46. The number of anilines is 1. The zero-order chi connectivity index (χ0) is 26.6. The largest absolute Gasteiger partial charge is 0.497 e. The number of amides is 4. The molecule has 0 bridgehead atoms. The number of urea groups is 1. The number of rotatable bonds is 8. The Morgan fingerprint density at radius 1 is 0.921 bits per heavy atom. The van der Waals surface area contributed by atoms with E-state index in [2.05, 4.69) is 5.32 Å². The number of carbonyl (C=O) groups excluding carboxylic acids is 3. The van der Waals surface area contributed by atoms with E-state index >= 15 is 0 Å². The number of fused-ring (bicyclic) bond motifs is 1. The molecule has 0 spiro atoms. The normalized spacial score (nSPS) is 14.7. The fraction of sp³-hybridized carbons (Fsp3) is 0.167. The van der Waals surface area contributed by atoms with Crippen molar-refractivity contribution in [3.05, 3.63) is 95.7 Å². The number of carbonyl (C=O) groups is 3. The van der Waals surface area contributed by atoms with Gasteiger partial charge >= 0.3 is 6.03 Å². The summed E-state index contributed by atoms with van der Waals surface area (Å²) in [5.41, 5.74) is 2.99. The number of nitrogens with zero attached hydrogens (tertiary/aromatic N) is 2. The van der Waals surface area contributed by atoms with Crippen molar-refractivity contribution < 1.29 is 23.9 Å². The monoisotopic (exact) mass is 509 g/mol. The zero-order valence-corrected chi connectivity index (χ0v) is 21.1. The summed E-state index contributed by atoms with van der Waals surface area (Å²) in [7, 11) is 1.61. The van der Waals surface area contributed by atoms with Crippen LogP contribution in [-0.4, -0.2) is 36.1 Å². The third-order valence-electron chi connectivity index (χ3n) is 6.47. The van der Waals surface area contributed by atoms with E-state index in [0.717, 1.165) is 27.8 Å². The van der Waals surface area contributed by atoms with Crippen molar-refractivity contribution in [3.63, 3.8) is 0 Å². The molecule has 1 fully saturated rings. The second kappa shape index (κ2) is 10.6. The highest BCUT2D eigenvalue weighted by atomic mass is 16.5. The van der Waals surface area contributed by atoms with E-state index < -0.39 is 17.8 Å². The summed E-state index contributed by atoms with van der Waals surface area (Å²) in [6, 6.07) is 21.5. The van der Waals surface area contributed by atoms with Gasteiger partial charge in [-0.05, 0) is 48.4 Å². The Balaban J connectivity index is 1.42. The van der Waals surface area contributed by atoms with Crippen LogP contribution in [0.4, 0.5) is 10.5 Å². The SMILES string of the molecule is CCc1ccc(N2C(=O)NC(=O)/C(=C/c3cn(CCOc4cccc(OC)c4)c4ccccc34)C2=O)cc1. The Hall–Kier alpha value is -4.85. The van der Waals surface area contributed by atoms with Gasteiger partial charge in [-0.15, -0.1) is 0 Å². The summed E-state index contributed by atoms with van der Waals surface area (Å²) in [5.74, 6) is 0.0252. The average molecular weight is 510 g/mol. The molecule has 2 heterocycles. The predicted octanol–water partition coefficient (Wildman–Crippen LogP) is 4.96. The number of benzene rings is 3. The highest BCUT2D eigenvalue weighted by Gasteiger charge is 2.37. The lowest BCUT2D eigenvalue weighted by molar-refractivity contribution is -0.122. The number of imide groups is 2. The van der Waals surface area contributed by atoms with Crippen molar-refractivity contribution in [2.45, 2.75) is 19.9 Å². The first-order chi connectivity index (χ1) is 18.5. The van der Waals surface area contributed by atoms with E-state index in [4.69, 9.17) is 9.47 Å². The van der Waals surface area contributed by atoms with Crippen molar-refractivity contribution in [3.8, 4) is 11.5 Å². The van der Waals surface area contributed by atoms with Crippen molar-refractivity contribution in [2.24, 2.45) is 0 Å². The number of barbiturate groups is 1. The molecule has 0 atom stereocenters. The summed E-state index contributed by atoms with van der Waals surface area (Å²) >= 11 is 0. The maximum atomic E-state index is 13.4. The van der Waals surface area contributed by atoms with Crippen LogP contribution in [0.3, 0.4) is 0 Å². The lowest BCUT2D eigenvalue weighted by Gasteiger charge is -2.26. The molecule has 1 aromatic heterocycles. The number of nitrogens with one attached hydrogen (secondary N) is 1. The Labute approximate surface area is 220 Å². The molecule has 0 saturated carbocycles. The van der Waals surface area contributed by atoms with Crippen molar-refractivity contribution in [1.82, 2.24) is 9.88 Å². The number of aryl methyl sites for hydroxylation is 1. The quantitative estimate of drug-likeness (QED) is 0.268. The molecular formula is C30H27N3O5. The molecule has 1 aliphatic rings. The van der Waals surface area contributed by atoms with Gasteiger partial charge in [0.1, 0.15) is 23.7 Å². The standard InChI is InChI=1S/C30H27N3O5/c1-3-20-11-13-22(14-12-20)33-29(35)26(28(34)31-30(33)36)17-21-19-32(27-10-5-4-9-25(21)27)15-16-38-24-8-6-7-23(18-24)37-2/h4-14,17-19H,3,15-16H2,1-2H3,(H,31,34,36)/b26-17-. The first kappa shape index (κ1) is 24.8. The van der Waals surface area contributed by atoms with E-state index in [-0.39, 0.29) is 5.57 Å². The molecule has 8 heteroatoms. The van der Waals surface area contributed by atoms with Crippen LogP contribution >= 0.6 is 0 Å². The third-order valence-corrected chi connectivity index (χ3v) is 6.47. The molecule has 4 aromatic rings. The molecule has 8 nitrogen and oxygen atoms in total. The number of aromatic nitrogens is 1. The highest BCUT2D eigenvalue weighted by Crippen LogP contribution is 2.27. The van der Waals surface area contributed by atoms with Gasteiger partial charge in [0, 0.05) is 28.7 Å². The number of para-hydroxylation sites is 1. The lowest BCUT2D eigenvalue weighted by atomic mass is 10.1. The summed E-state index contributed by atoms with van der Waals surface area (Å²) in [6.45, 7) is 2.96. The molecule has 192 valence electrons. The van der Waals surface area contributed by atoms with Crippen LogP contribution in [0, 0.1) is 0 Å². The molecule has 3 aromatic carbocycles. The molecule has 0 aliphatic carbocycles. The molecular weight excluding hydrogens is 482 g/mol. The van der Waals surface area contributed by atoms with Crippen LogP contribution in [0.1, 0.15) is 18.1 Å². The number of hydrogen-bond acceptors (Lipinski definition) is 5. The van der Waals surface area contributed by atoms with Gasteiger partial charge in [-0.3, -0.25) is 14.9 Å². The second-order valence-corrected chi connectivity index (χ2v) is 8.80. The summed E-state index contributed by atoms with van der Waals surface area (Å²) in [4.78, 5) is 39.7. The van der Waals surface area contributed by atoms with E-state index in [9.17, 15) is 14.4 Å². The first-order valence-corrected chi connectivity index (χ1v) is 12.3. The number of methoxy groups -OCH3 is 1. The smallest absolute Gasteiger partial charge is 0.335 e. The van der Waals surface area contributed by atoms with Gasteiger partial charge in [0.05, 0.1) is 19.3 Å². The van der Waals surface area contributed by atoms with Gasteiger partial charge in [0.15, 0.2) is 0 Å². The maximum Gasteiger partial charge on any atom is 0.335 e. The van der Waals surface area contributed by atoms with Gasteiger partial charge in [-0.2, -0.15) is 0 Å². The van der Waals surface area contributed by atoms with Gasteiger partial charge in [-0.1, -0.05) is 43.3 Å². The maximum absolute atomic E-state index is 13.4. The Kier molecular flexibility index (Phi) is 6.95. The van der Waals surface area contributed by atoms with Gasteiger partial charge < -0.3 is 14.0 Å². The van der Waals surface area contributed by atoms with Crippen LogP contribution in [0.15, 0.2) is 84.6 Å². The second-order valence-electron chi connectivity index (χ2n) is 8.80. The Morgan fingerprint density at radius 2 is 1.68 bits per heavy atom. The molecule has 1 N–H and O–H groups in total. The molecule has 0 unspecified atom stereocenters. The van der Waals surface area contributed by atoms with Gasteiger partial charge in [0.2, 0.25) is 0 Å². The summed E-state index contributed by atoms with van der Waals surface area (Å²) in [5, 5.41) is 3.17. The molecule has 0 radical (unpaired) electrons. The molecule has 38 heavy (non-hydrogen) atoms. The minimum Gasteiger partial charge on any atom is -0.497 e. The van der Waals surface area contributed by atoms with Crippen molar-refractivity contribution in [2.75, 3.05) is 18.6 Å². The topological polar surface area (TPSA) is 89.9 Å². The fourth-order valence-corrected chi connectivity index (χ4v) is 4.46.